The van der Waals surface area contributed by atoms with Crippen molar-refractivity contribution < 1.29 is 9.53 Å². The minimum absolute atomic E-state index is 0.106. The predicted octanol–water partition coefficient (Wildman–Crippen LogP) is 2.29. The van der Waals surface area contributed by atoms with Gasteiger partial charge in [0.05, 0.1) is 6.61 Å². The van der Waals surface area contributed by atoms with E-state index >= 15 is 0 Å². The minimum atomic E-state index is -0.187. The lowest BCUT2D eigenvalue weighted by atomic mass is 9.88. The molecule has 0 aromatic carbocycles. The summed E-state index contributed by atoms with van der Waals surface area (Å²) in [6.07, 6.45) is 6.77. The van der Waals surface area contributed by atoms with Crippen LogP contribution in [0.25, 0.3) is 0 Å². The molecule has 0 aromatic heterocycles. The Bertz CT molecular complexity index is 335. The van der Waals surface area contributed by atoms with E-state index in [9.17, 15) is 4.79 Å². The summed E-state index contributed by atoms with van der Waals surface area (Å²) in [5, 5.41) is 3.33. The van der Waals surface area contributed by atoms with Gasteiger partial charge in [-0.15, -0.1) is 0 Å². The summed E-state index contributed by atoms with van der Waals surface area (Å²) in [4.78, 5) is 14.4. The molecule has 0 saturated heterocycles. The Morgan fingerprint density at radius 2 is 2.14 bits per heavy atom. The van der Waals surface area contributed by atoms with Gasteiger partial charge >= 0.3 is 5.97 Å². The van der Waals surface area contributed by atoms with Crippen LogP contribution in [-0.4, -0.2) is 50.2 Å². The number of rotatable bonds is 9. The molecule has 21 heavy (non-hydrogen) atoms. The molecule has 0 spiro atoms. The summed E-state index contributed by atoms with van der Waals surface area (Å²) < 4.78 is 5.19. The molecule has 2 bridgehead atoms. The van der Waals surface area contributed by atoms with Gasteiger partial charge in [0.15, 0.2) is 0 Å². The Hall–Kier alpha value is -0.610. The van der Waals surface area contributed by atoms with E-state index < -0.39 is 0 Å². The van der Waals surface area contributed by atoms with Gasteiger partial charge < -0.3 is 15.0 Å². The Labute approximate surface area is 129 Å². The predicted molar refractivity (Wildman–Crippen MR) is 85.1 cm³/mol. The molecule has 4 nitrogen and oxygen atoms in total. The second-order valence-electron chi connectivity index (χ2n) is 6.91. The fourth-order valence-corrected chi connectivity index (χ4v) is 4.17. The molecule has 0 aromatic rings. The van der Waals surface area contributed by atoms with Crippen molar-refractivity contribution in [1.82, 2.24) is 10.2 Å². The summed E-state index contributed by atoms with van der Waals surface area (Å²) in [5.41, 5.74) is 0. The molecule has 2 aliphatic rings. The van der Waals surface area contributed by atoms with Gasteiger partial charge in [-0.25, -0.2) is 0 Å². The molecule has 122 valence electrons. The van der Waals surface area contributed by atoms with Gasteiger partial charge in [0, 0.05) is 13.1 Å². The molecule has 4 heteroatoms. The first-order valence-electron chi connectivity index (χ1n) is 8.72. The number of hydrogen-bond acceptors (Lipinski definition) is 4. The van der Waals surface area contributed by atoms with Gasteiger partial charge in [-0.1, -0.05) is 13.3 Å². The van der Waals surface area contributed by atoms with Crippen LogP contribution in [0.5, 0.6) is 0 Å². The van der Waals surface area contributed by atoms with Crippen LogP contribution in [0.4, 0.5) is 0 Å². The van der Waals surface area contributed by atoms with Gasteiger partial charge in [-0.3, -0.25) is 4.79 Å². The van der Waals surface area contributed by atoms with Crippen molar-refractivity contribution in [1.29, 1.82) is 0 Å². The van der Waals surface area contributed by atoms with E-state index in [0.717, 1.165) is 43.8 Å². The molecule has 0 aliphatic heterocycles. The number of carbonyl (C=O) groups is 1. The van der Waals surface area contributed by atoms with Crippen LogP contribution < -0.4 is 5.32 Å². The molecule has 4 unspecified atom stereocenters. The SMILES string of the molecule is CCCNC(CN(C)CC1CC2CCC1C2)C(=O)OCC. The van der Waals surface area contributed by atoms with E-state index in [2.05, 4.69) is 24.2 Å². The zero-order chi connectivity index (χ0) is 15.2. The van der Waals surface area contributed by atoms with Gasteiger partial charge in [-0.2, -0.15) is 0 Å². The largest absolute Gasteiger partial charge is 0.465 e. The summed E-state index contributed by atoms with van der Waals surface area (Å²) in [7, 11) is 2.14. The molecule has 4 atom stereocenters. The fraction of sp³-hybridized carbons (Fsp3) is 0.941. The maximum absolute atomic E-state index is 12.0. The lowest BCUT2D eigenvalue weighted by molar-refractivity contribution is -0.146. The highest BCUT2D eigenvalue weighted by atomic mass is 16.5. The summed E-state index contributed by atoms with van der Waals surface area (Å²) in [6.45, 7) is 7.20. The third-order valence-corrected chi connectivity index (χ3v) is 5.14. The summed E-state index contributed by atoms with van der Waals surface area (Å²) in [5.74, 6) is 2.68. The van der Waals surface area contributed by atoms with E-state index in [-0.39, 0.29) is 12.0 Å². The molecule has 2 aliphatic carbocycles. The van der Waals surface area contributed by atoms with Crippen molar-refractivity contribution in [3.63, 3.8) is 0 Å². The van der Waals surface area contributed by atoms with Crippen molar-refractivity contribution in [3.05, 3.63) is 0 Å². The summed E-state index contributed by atoms with van der Waals surface area (Å²) in [6, 6.07) is -0.187. The second kappa shape index (κ2) is 8.14. The quantitative estimate of drug-likeness (QED) is 0.663. The molecule has 0 radical (unpaired) electrons. The van der Waals surface area contributed by atoms with E-state index in [0.29, 0.717) is 6.61 Å². The Morgan fingerprint density at radius 1 is 1.33 bits per heavy atom. The number of nitrogens with zero attached hydrogens (tertiary/aromatic N) is 1. The van der Waals surface area contributed by atoms with Crippen molar-refractivity contribution in [2.45, 2.75) is 52.0 Å². The second-order valence-corrected chi connectivity index (χ2v) is 6.91. The van der Waals surface area contributed by atoms with E-state index in [1.54, 1.807) is 0 Å². The maximum atomic E-state index is 12.0. The Kier molecular flexibility index (Phi) is 6.49. The first-order valence-corrected chi connectivity index (χ1v) is 8.72. The number of hydrogen-bond donors (Lipinski definition) is 1. The molecule has 0 heterocycles. The van der Waals surface area contributed by atoms with Crippen LogP contribution in [-0.2, 0) is 9.53 Å². The monoisotopic (exact) mass is 296 g/mol. The van der Waals surface area contributed by atoms with Crippen LogP contribution in [0.3, 0.4) is 0 Å². The third-order valence-electron chi connectivity index (χ3n) is 5.14. The average Bonchev–Trinajstić information content (AvgIpc) is 3.06. The lowest BCUT2D eigenvalue weighted by Crippen LogP contribution is -2.47. The van der Waals surface area contributed by atoms with Crippen LogP contribution in [0.15, 0.2) is 0 Å². The van der Waals surface area contributed by atoms with Gasteiger partial charge in [0.2, 0.25) is 0 Å². The lowest BCUT2D eigenvalue weighted by Gasteiger charge is -2.29. The number of nitrogens with one attached hydrogen (secondary N) is 1. The zero-order valence-electron chi connectivity index (χ0n) is 13.9. The fourth-order valence-electron chi connectivity index (χ4n) is 4.17. The van der Waals surface area contributed by atoms with Gasteiger partial charge in [0.1, 0.15) is 6.04 Å². The highest BCUT2D eigenvalue weighted by Gasteiger charge is 2.39. The van der Waals surface area contributed by atoms with E-state index in [1.165, 1.54) is 25.7 Å². The number of likely N-dealkylation sites (N-methyl/N-ethyl adjacent to an activating group) is 1. The standard InChI is InChI=1S/C17H32N2O2/c1-4-8-18-16(17(20)21-5-2)12-19(3)11-15-10-13-6-7-14(15)9-13/h13-16,18H,4-12H2,1-3H3. The van der Waals surface area contributed by atoms with Crippen LogP contribution in [0.1, 0.15) is 46.0 Å². The molecule has 0 amide bonds. The minimum Gasteiger partial charge on any atom is -0.465 e. The molecule has 2 fully saturated rings. The van der Waals surface area contributed by atoms with E-state index in [4.69, 9.17) is 4.74 Å². The zero-order valence-corrected chi connectivity index (χ0v) is 13.9. The number of fused-ring (bicyclic) bond motifs is 2. The first kappa shape index (κ1) is 16.8. The Morgan fingerprint density at radius 3 is 2.71 bits per heavy atom. The molecule has 2 saturated carbocycles. The maximum Gasteiger partial charge on any atom is 0.324 e. The molecular weight excluding hydrogens is 264 g/mol. The highest BCUT2D eigenvalue weighted by Crippen LogP contribution is 2.48. The van der Waals surface area contributed by atoms with Gasteiger partial charge in [-0.05, 0) is 64.0 Å². The molecule has 1 N–H and O–H groups in total. The van der Waals surface area contributed by atoms with Crippen molar-refractivity contribution in [2.75, 3.05) is 33.3 Å². The first-order chi connectivity index (χ1) is 10.1. The van der Waals surface area contributed by atoms with Crippen molar-refractivity contribution in [3.8, 4) is 0 Å². The number of carbonyl (C=O) groups excluding carboxylic acids is 1. The van der Waals surface area contributed by atoms with Crippen molar-refractivity contribution in [2.24, 2.45) is 17.8 Å². The van der Waals surface area contributed by atoms with Crippen molar-refractivity contribution >= 4 is 5.97 Å². The van der Waals surface area contributed by atoms with Gasteiger partial charge in [0.25, 0.3) is 0 Å². The van der Waals surface area contributed by atoms with E-state index in [1.807, 2.05) is 6.92 Å². The normalized spacial score (nSPS) is 29.0. The summed E-state index contributed by atoms with van der Waals surface area (Å²) >= 11 is 0. The average molecular weight is 296 g/mol. The molecule has 2 rings (SSSR count). The highest BCUT2D eigenvalue weighted by molar-refractivity contribution is 5.76. The van der Waals surface area contributed by atoms with Crippen LogP contribution in [0, 0.1) is 17.8 Å². The number of ether oxygens (including phenoxy) is 1. The third kappa shape index (κ3) is 4.68. The topological polar surface area (TPSA) is 41.6 Å². The molecular formula is C17H32N2O2. The van der Waals surface area contributed by atoms with Crippen LogP contribution >= 0.6 is 0 Å². The number of esters is 1. The Balaban J connectivity index is 1.79. The van der Waals surface area contributed by atoms with Crippen LogP contribution in [0.2, 0.25) is 0 Å². The smallest absolute Gasteiger partial charge is 0.324 e.